The summed E-state index contributed by atoms with van der Waals surface area (Å²) in [6.07, 6.45) is 4.74. The van der Waals surface area contributed by atoms with Crippen LogP contribution in [0, 0.1) is 5.41 Å². The molecule has 0 radical (unpaired) electrons. The van der Waals surface area contributed by atoms with Crippen LogP contribution in [0.4, 0.5) is 0 Å². The molecular formula is C11H21NO. The van der Waals surface area contributed by atoms with Crippen LogP contribution < -0.4 is 0 Å². The van der Waals surface area contributed by atoms with Crippen LogP contribution in [0.3, 0.4) is 0 Å². The van der Waals surface area contributed by atoms with Crippen LogP contribution in [0.5, 0.6) is 0 Å². The Morgan fingerprint density at radius 3 is 2.77 bits per heavy atom. The Hall–Kier alpha value is -0.0800. The molecule has 2 aliphatic rings. The molecular weight excluding hydrogens is 162 g/mol. The highest BCUT2D eigenvalue weighted by molar-refractivity contribution is 4.87. The van der Waals surface area contributed by atoms with E-state index in [4.69, 9.17) is 4.74 Å². The van der Waals surface area contributed by atoms with Crippen molar-refractivity contribution in [3.8, 4) is 0 Å². The van der Waals surface area contributed by atoms with Gasteiger partial charge in [0.05, 0.1) is 12.7 Å². The molecule has 2 nitrogen and oxygen atoms in total. The number of nitrogens with zero attached hydrogens (tertiary/aromatic N) is 1. The van der Waals surface area contributed by atoms with Gasteiger partial charge in [-0.3, -0.25) is 4.90 Å². The second kappa shape index (κ2) is 3.58. The normalized spacial score (nSPS) is 34.2. The van der Waals surface area contributed by atoms with Gasteiger partial charge in [0.25, 0.3) is 0 Å². The van der Waals surface area contributed by atoms with Crippen LogP contribution in [-0.2, 0) is 4.74 Å². The smallest absolute Gasteiger partial charge is 0.0674 e. The van der Waals surface area contributed by atoms with E-state index in [0.717, 1.165) is 19.7 Å². The molecule has 0 spiro atoms. The van der Waals surface area contributed by atoms with Gasteiger partial charge in [-0.05, 0) is 25.2 Å². The number of rotatable bonds is 2. The molecule has 0 aromatic heterocycles. The Morgan fingerprint density at radius 2 is 2.23 bits per heavy atom. The summed E-state index contributed by atoms with van der Waals surface area (Å²) in [5.41, 5.74) is 0.636. The van der Waals surface area contributed by atoms with Crippen LogP contribution in [0.25, 0.3) is 0 Å². The summed E-state index contributed by atoms with van der Waals surface area (Å²) in [4.78, 5) is 2.58. The van der Waals surface area contributed by atoms with Gasteiger partial charge in [-0.2, -0.15) is 0 Å². The largest absolute Gasteiger partial charge is 0.376 e. The lowest BCUT2D eigenvalue weighted by Gasteiger charge is -2.44. The Balaban J connectivity index is 1.80. The van der Waals surface area contributed by atoms with E-state index in [0.29, 0.717) is 11.5 Å². The minimum Gasteiger partial charge on any atom is -0.376 e. The number of morpholine rings is 1. The summed E-state index contributed by atoms with van der Waals surface area (Å²) in [6, 6.07) is 0. The first-order valence-electron chi connectivity index (χ1n) is 5.52. The molecule has 0 aromatic rings. The Labute approximate surface area is 81.3 Å². The second-order valence-corrected chi connectivity index (χ2v) is 5.08. The topological polar surface area (TPSA) is 12.5 Å². The molecule has 1 aliphatic heterocycles. The summed E-state index contributed by atoms with van der Waals surface area (Å²) in [6.45, 7) is 9.10. The zero-order valence-corrected chi connectivity index (χ0v) is 8.88. The molecule has 13 heavy (non-hydrogen) atoms. The van der Waals surface area contributed by atoms with Gasteiger partial charge in [-0.15, -0.1) is 0 Å². The lowest BCUT2D eigenvalue weighted by atomic mass is 9.70. The molecule has 0 bridgehead atoms. The molecule has 1 heterocycles. The van der Waals surface area contributed by atoms with Gasteiger partial charge < -0.3 is 4.74 Å². The first kappa shape index (κ1) is 9.47. The van der Waals surface area contributed by atoms with E-state index >= 15 is 0 Å². The van der Waals surface area contributed by atoms with E-state index in [-0.39, 0.29) is 0 Å². The van der Waals surface area contributed by atoms with Crippen molar-refractivity contribution in [3.05, 3.63) is 0 Å². The molecule has 1 aliphatic carbocycles. The lowest BCUT2D eigenvalue weighted by Crippen LogP contribution is -2.47. The van der Waals surface area contributed by atoms with Crippen LogP contribution >= 0.6 is 0 Å². The molecule has 0 unspecified atom stereocenters. The summed E-state index contributed by atoms with van der Waals surface area (Å²) in [5.74, 6) is 0. The van der Waals surface area contributed by atoms with Gasteiger partial charge in [0.15, 0.2) is 0 Å². The van der Waals surface area contributed by atoms with Crippen molar-refractivity contribution in [2.45, 2.75) is 39.2 Å². The van der Waals surface area contributed by atoms with Gasteiger partial charge in [0, 0.05) is 19.6 Å². The summed E-state index contributed by atoms with van der Waals surface area (Å²) < 4.78 is 5.53. The molecule has 0 N–H and O–H groups in total. The lowest BCUT2D eigenvalue weighted by molar-refractivity contribution is -0.0404. The molecule has 1 atom stereocenters. The van der Waals surface area contributed by atoms with E-state index in [2.05, 4.69) is 18.7 Å². The van der Waals surface area contributed by atoms with Crippen LogP contribution in [0.15, 0.2) is 0 Å². The molecule has 0 amide bonds. The minimum absolute atomic E-state index is 0.442. The fraction of sp³-hybridized carbons (Fsp3) is 1.00. The van der Waals surface area contributed by atoms with E-state index in [1.807, 2.05) is 0 Å². The average Bonchev–Trinajstić information content (AvgIpc) is 2.01. The molecule has 76 valence electrons. The van der Waals surface area contributed by atoms with E-state index in [9.17, 15) is 0 Å². The maximum absolute atomic E-state index is 5.53. The highest BCUT2D eigenvalue weighted by Crippen LogP contribution is 2.40. The number of ether oxygens (including phenoxy) is 1. The molecule has 2 rings (SSSR count). The van der Waals surface area contributed by atoms with E-state index < -0.39 is 0 Å². The highest BCUT2D eigenvalue weighted by atomic mass is 16.5. The van der Waals surface area contributed by atoms with Crippen LogP contribution in [-0.4, -0.2) is 37.2 Å². The van der Waals surface area contributed by atoms with Crippen molar-refractivity contribution in [2.75, 3.05) is 26.2 Å². The summed E-state index contributed by atoms with van der Waals surface area (Å²) in [5, 5.41) is 0. The SMILES string of the molecule is C[C@H]1CN(CC2(C)CCC2)CCO1. The summed E-state index contributed by atoms with van der Waals surface area (Å²) in [7, 11) is 0. The molecule has 1 saturated heterocycles. The van der Waals surface area contributed by atoms with Crippen molar-refractivity contribution < 1.29 is 4.74 Å². The summed E-state index contributed by atoms with van der Waals surface area (Å²) >= 11 is 0. The zero-order chi connectivity index (χ0) is 9.31. The van der Waals surface area contributed by atoms with Crippen molar-refractivity contribution in [1.82, 2.24) is 4.90 Å². The van der Waals surface area contributed by atoms with Gasteiger partial charge in [0.2, 0.25) is 0 Å². The van der Waals surface area contributed by atoms with Crippen molar-refractivity contribution in [2.24, 2.45) is 5.41 Å². The van der Waals surface area contributed by atoms with E-state index in [1.54, 1.807) is 0 Å². The van der Waals surface area contributed by atoms with Gasteiger partial charge in [0.1, 0.15) is 0 Å². The maximum atomic E-state index is 5.53. The fourth-order valence-corrected chi connectivity index (χ4v) is 2.51. The van der Waals surface area contributed by atoms with Crippen molar-refractivity contribution in [3.63, 3.8) is 0 Å². The molecule has 1 saturated carbocycles. The fourth-order valence-electron chi connectivity index (χ4n) is 2.51. The van der Waals surface area contributed by atoms with Crippen LogP contribution in [0.1, 0.15) is 33.1 Å². The predicted octanol–water partition coefficient (Wildman–Crippen LogP) is 1.90. The molecule has 0 aromatic carbocycles. The quantitative estimate of drug-likeness (QED) is 0.648. The third-order valence-electron chi connectivity index (χ3n) is 3.49. The Bertz CT molecular complexity index is 177. The Morgan fingerprint density at radius 1 is 1.46 bits per heavy atom. The Kier molecular flexibility index (Phi) is 2.61. The predicted molar refractivity (Wildman–Crippen MR) is 53.8 cm³/mol. The monoisotopic (exact) mass is 183 g/mol. The van der Waals surface area contributed by atoms with Gasteiger partial charge in [-0.1, -0.05) is 13.3 Å². The third-order valence-corrected chi connectivity index (χ3v) is 3.49. The molecule has 2 heteroatoms. The van der Waals surface area contributed by atoms with Crippen molar-refractivity contribution in [1.29, 1.82) is 0 Å². The standard InChI is InChI=1S/C11H21NO/c1-10-8-12(6-7-13-10)9-11(2)4-3-5-11/h10H,3-9H2,1-2H3/t10-/m0/s1. The molecule has 2 fully saturated rings. The third kappa shape index (κ3) is 2.23. The second-order valence-electron chi connectivity index (χ2n) is 5.08. The average molecular weight is 183 g/mol. The van der Waals surface area contributed by atoms with Gasteiger partial charge in [-0.25, -0.2) is 0 Å². The van der Waals surface area contributed by atoms with Crippen LogP contribution in [0.2, 0.25) is 0 Å². The van der Waals surface area contributed by atoms with Crippen molar-refractivity contribution >= 4 is 0 Å². The first-order chi connectivity index (χ1) is 6.18. The first-order valence-corrected chi connectivity index (χ1v) is 5.52. The van der Waals surface area contributed by atoms with E-state index in [1.165, 1.54) is 25.8 Å². The number of hydrogen-bond acceptors (Lipinski definition) is 2. The van der Waals surface area contributed by atoms with Gasteiger partial charge >= 0.3 is 0 Å². The zero-order valence-electron chi connectivity index (χ0n) is 8.88. The maximum Gasteiger partial charge on any atom is 0.0674 e. The minimum atomic E-state index is 0.442. The highest BCUT2D eigenvalue weighted by Gasteiger charge is 2.34. The number of hydrogen-bond donors (Lipinski definition) is 0.